The number of anilines is 1. The van der Waals surface area contributed by atoms with Crippen molar-refractivity contribution in [3.8, 4) is 0 Å². The number of nitrogens with one attached hydrogen (secondary N) is 1. The van der Waals surface area contributed by atoms with Gasteiger partial charge in [0.05, 0.1) is 0 Å². The number of benzene rings is 1. The van der Waals surface area contributed by atoms with Gasteiger partial charge >= 0.3 is 0 Å². The van der Waals surface area contributed by atoms with Crippen molar-refractivity contribution in [1.82, 2.24) is 5.32 Å². The number of hydrogen-bond acceptors (Lipinski definition) is 2. The van der Waals surface area contributed by atoms with Crippen LogP contribution < -0.4 is 10.2 Å². The zero-order chi connectivity index (χ0) is 18.4. The van der Waals surface area contributed by atoms with Gasteiger partial charge in [0, 0.05) is 30.6 Å². The number of aryl methyl sites for hydroxylation is 1. The van der Waals surface area contributed by atoms with E-state index in [9.17, 15) is 9.59 Å². The summed E-state index contributed by atoms with van der Waals surface area (Å²) >= 11 is 0. The molecular weight excluding hydrogens is 336 g/mol. The number of rotatable bonds is 4. The summed E-state index contributed by atoms with van der Waals surface area (Å²) in [4.78, 5) is 27.7. The van der Waals surface area contributed by atoms with Gasteiger partial charge in [0.2, 0.25) is 11.8 Å². The Balaban J connectivity index is 1.18. The molecule has 1 aromatic rings. The van der Waals surface area contributed by atoms with Gasteiger partial charge in [-0.2, -0.15) is 0 Å². The van der Waals surface area contributed by atoms with E-state index >= 15 is 0 Å². The van der Waals surface area contributed by atoms with Crippen LogP contribution in [-0.2, 0) is 16.0 Å². The number of para-hydroxylation sites is 1. The zero-order valence-corrected chi connectivity index (χ0v) is 16.1. The normalized spacial score (nSPS) is 33.6. The van der Waals surface area contributed by atoms with Crippen LogP contribution in [0.1, 0.15) is 56.9 Å². The van der Waals surface area contributed by atoms with Crippen LogP contribution in [0.15, 0.2) is 24.3 Å². The van der Waals surface area contributed by atoms with Crippen LogP contribution in [0.4, 0.5) is 5.69 Å². The molecule has 4 saturated carbocycles. The predicted octanol–water partition coefficient (Wildman–Crippen LogP) is 3.69. The van der Waals surface area contributed by atoms with E-state index in [2.05, 4.69) is 11.4 Å². The first-order chi connectivity index (χ1) is 13.1. The molecule has 4 fully saturated rings. The molecule has 27 heavy (non-hydrogen) atoms. The lowest BCUT2D eigenvalue weighted by Gasteiger charge is -2.55. The fraction of sp³-hybridized carbons (Fsp3) is 0.652. The van der Waals surface area contributed by atoms with E-state index in [0.717, 1.165) is 62.1 Å². The van der Waals surface area contributed by atoms with Gasteiger partial charge in [0.25, 0.3) is 0 Å². The highest BCUT2D eigenvalue weighted by Gasteiger charge is 2.54. The average Bonchev–Trinajstić information content (AvgIpc) is 2.66. The van der Waals surface area contributed by atoms with E-state index in [1.807, 2.05) is 23.1 Å². The van der Waals surface area contributed by atoms with Gasteiger partial charge in [-0.1, -0.05) is 18.2 Å². The fourth-order valence-electron chi connectivity index (χ4n) is 6.79. The molecule has 2 amide bonds. The summed E-state index contributed by atoms with van der Waals surface area (Å²) in [5.41, 5.74) is 2.20. The number of carbonyl (C=O) groups excluding carboxylic acids is 2. The minimum absolute atomic E-state index is 0.116. The number of hydrogen-bond donors (Lipinski definition) is 1. The van der Waals surface area contributed by atoms with Gasteiger partial charge in [0.15, 0.2) is 0 Å². The average molecular weight is 367 g/mol. The van der Waals surface area contributed by atoms with Crippen LogP contribution in [0.25, 0.3) is 0 Å². The second-order valence-electron chi connectivity index (χ2n) is 9.48. The summed E-state index contributed by atoms with van der Waals surface area (Å²) in [6.07, 6.45) is 9.74. The number of nitrogens with zero attached hydrogens (tertiary/aromatic N) is 1. The fourth-order valence-corrected chi connectivity index (χ4v) is 6.79. The van der Waals surface area contributed by atoms with Crippen LogP contribution in [-0.4, -0.2) is 24.9 Å². The van der Waals surface area contributed by atoms with Crippen LogP contribution in [0, 0.1) is 23.2 Å². The minimum atomic E-state index is -0.116. The lowest BCUT2D eigenvalue weighted by Crippen LogP contribution is -2.53. The summed E-state index contributed by atoms with van der Waals surface area (Å²) in [7, 11) is 0. The molecule has 0 unspecified atom stereocenters. The SMILES string of the molecule is O=C(CCNC(=O)C12CC3CC(CC(C3)C1)C2)N1CCCc2ccccc21. The Bertz CT molecular complexity index is 721. The quantitative estimate of drug-likeness (QED) is 0.883. The van der Waals surface area contributed by atoms with Crippen molar-refractivity contribution < 1.29 is 9.59 Å². The Morgan fingerprint density at radius 1 is 1.04 bits per heavy atom. The van der Waals surface area contributed by atoms with Crippen molar-refractivity contribution >= 4 is 17.5 Å². The Labute approximate surface area is 161 Å². The molecule has 6 rings (SSSR count). The molecule has 0 spiro atoms. The predicted molar refractivity (Wildman–Crippen MR) is 105 cm³/mol. The number of carbonyl (C=O) groups is 2. The lowest BCUT2D eigenvalue weighted by atomic mass is 9.49. The molecule has 4 aliphatic carbocycles. The Kier molecular flexibility index (Phi) is 4.25. The highest BCUT2D eigenvalue weighted by atomic mass is 16.2. The van der Waals surface area contributed by atoms with Crippen molar-refractivity contribution in [1.29, 1.82) is 0 Å². The molecular formula is C23H30N2O2. The van der Waals surface area contributed by atoms with Crippen molar-refractivity contribution in [3.05, 3.63) is 29.8 Å². The third kappa shape index (κ3) is 3.07. The second kappa shape index (κ2) is 6.65. The van der Waals surface area contributed by atoms with Gasteiger partial charge in [0.1, 0.15) is 0 Å². The molecule has 0 aromatic heterocycles. The number of amides is 2. The highest BCUT2D eigenvalue weighted by molar-refractivity contribution is 5.95. The molecule has 0 atom stereocenters. The van der Waals surface area contributed by atoms with Crippen LogP contribution in [0.2, 0.25) is 0 Å². The standard InChI is InChI=1S/C23H30N2O2/c26-21(25-9-3-5-19-4-1-2-6-20(19)25)7-8-24-22(27)23-13-16-10-17(14-23)12-18(11-16)15-23/h1-2,4,6,16-18H,3,5,7-15H2,(H,24,27). The topological polar surface area (TPSA) is 49.4 Å². The van der Waals surface area contributed by atoms with Crippen molar-refractivity contribution in [2.75, 3.05) is 18.0 Å². The maximum atomic E-state index is 13.0. The molecule has 0 radical (unpaired) electrons. The summed E-state index contributed by atoms with van der Waals surface area (Å²) < 4.78 is 0. The summed E-state index contributed by atoms with van der Waals surface area (Å²) in [5.74, 6) is 2.68. The van der Waals surface area contributed by atoms with Crippen molar-refractivity contribution in [2.24, 2.45) is 23.2 Å². The van der Waals surface area contributed by atoms with Crippen molar-refractivity contribution in [3.63, 3.8) is 0 Å². The maximum Gasteiger partial charge on any atom is 0.228 e. The molecule has 0 saturated heterocycles. The largest absolute Gasteiger partial charge is 0.355 e. The van der Waals surface area contributed by atoms with E-state index in [-0.39, 0.29) is 17.2 Å². The first-order valence-corrected chi connectivity index (χ1v) is 10.8. The van der Waals surface area contributed by atoms with Crippen molar-refractivity contribution in [2.45, 2.75) is 57.8 Å². The molecule has 1 N–H and O–H groups in total. The molecule has 1 aromatic carbocycles. The molecule has 1 heterocycles. The molecule has 4 nitrogen and oxygen atoms in total. The summed E-state index contributed by atoms with van der Waals surface area (Å²) in [6, 6.07) is 8.20. The first-order valence-electron chi connectivity index (χ1n) is 10.8. The van der Waals surface area contributed by atoms with E-state index in [4.69, 9.17) is 0 Å². The van der Waals surface area contributed by atoms with Gasteiger partial charge in [-0.25, -0.2) is 0 Å². The number of fused-ring (bicyclic) bond motifs is 1. The van der Waals surface area contributed by atoms with Crippen LogP contribution in [0.5, 0.6) is 0 Å². The van der Waals surface area contributed by atoms with Gasteiger partial charge in [-0.3, -0.25) is 9.59 Å². The van der Waals surface area contributed by atoms with E-state index in [1.165, 1.54) is 24.8 Å². The van der Waals surface area contributed by atoms with Crippen LogP contribution >= 0.6 is 0 Å². The molecule has 4 bridgehead atoms. The summed E-state index contributed by atoms with van der Waals surface area (Å²) in [6.45, 7) is 1.26. The summed E-state index contributed by atoms with van der Waals surface area (Å²) in [5, 5.41) is 3.15. The Morgan fingerprint density at radius 2 is 1.70 bits per heavy atom. The molecule has 5 aliphatic rings. The first kappa shape index (κ1) is 17.3. The van der Waals surface area contributed by atoms with E-state index < -0.39 is 0 Å². The zero-order valence-electron chi connectivity index (χ0n) is 16.1. The highest BCUT2D eigenvalue weighted by Crippen LogP contribution is 2.60. The minimum Gasteiger partial charge on any atom is -0.355 e. The molecule has 4 heteroatoms. The van der Waals surface area contributed by atoms with Gasteiger partial charge < -0.3 is 10.2 Å². The Morgan fingerprint density at radius 3 is 2.41 bits per heavy atom. The smallest absolute Gasteiger partial charge is 0.228 e. The molecule has 1 aliphatic heterocycles. The third-order valence-electron chi connectivity index (χ3n) is 7.56. The monoisotopic (exact) mass is 366 g/mol. The second-order valence-corrected chi connectivity index (χ2v) is 9.48. The van der Waals surface area contributed by atoms with E-state index in [0.29, 0.717) is 13.0 Å². The molecule has 144 valence electrons. The van der Waals surface area contributed by atoms with Gasteiger partial charge in [-0.15, -0.1) is 0 Å². The van der Waals surface area contributed by atoms with E-state index in [1.54, 1.807) is 0 Å². The Hall–Kier alpha value is -1.84. The van der Waals surface area contributed by atoms with Crippen LogP contribution in [0.3, 0.4) is 0 Å². The third-order valence-corrected chi connectivity index (χ3v) is 7.56. The maximum absolute atomic E-state index is 13.0. The van der Waals surface area contributed by atoms with Gasteiger partial charge in [-0.05, 0) is 80.8 Å². The lowest BCUT2D eigenvalue weighted by molar-refractivity contribution is -0.146.